The van der Waals surface area contributed by atoms with Crippen molar-refractivity contribution in [2.24, 2.45) is 11.7 Å². The van der Waals surface area contributed by atoms with Gasteiger partial charge in [-0.15, -0.1) is 0 Å². The van der Waals surface area contributed by atoms with Crippen LogP contribution in [0, 0.1) is 5.92 Å². The van der Waals surface area contributed by atoms with Gasteiger partial charge in [0.1, 0.15) is 0 Å². The molecule has 0 spiro atoms. The summed E-state index contributed by atoms with van der Waals surface area (Å²) in [6.45, 7) is 6.71. The molecular weight excluding hydrogens is 204 g/mol. The number of nitrogens with one attached hydrogen (secondary N) is 1. The standard InChI is InChI=1S/C12H24N2O2/c1-4-8(5-2)12(15)14-11-9(13)7-10(11)16-6-3/h8-11H,4-7,13H2,1-3H3,(H,14,15). The molecule has 16 heavy (non-hydrogen) atoms. The maximum Gasteiger partial charge on any atom is 0.223 e. The van der Waals surface area contributed by atoms with E-state index in [0.29, 0.717) is 6.61 Å². The Morgan fingerprint density at radius 3 is 2.50 bits per heavy atom. The fraction of sp³-hybridized carbons (Fsp3) is 0.917. The van der Waals surface area contributed by atoms with Gasteiger partial charge in [-0.05, 0) is 26.2 Å². The van der Waals surface area contributed by atoms with Crippen molar-refractivity contribution in [1.82, 2.24) is 5.32 Å². The fourth-order valence-corrected chi connectivity index (χ4v) is 2.17. The molecule has 1 saturated carbocycles. The van der Waals surface area contributed by atoms with Crippen LogP contribution in [0.5, 0.6) is 0 Å². The minimum absolute atomic E-state index is 0.00745. The van der Waals surface area contributed by atoms with Crippen molar-refractivity contribution in [1.29, 1.82) is 0 Å². The summed E-state index contributed by atoms with van der Waals surface area (Å²) in [5.41, 5.74) is 5.88. The van der Waals surface area contributed by atoms with Crippen molar-refractivity contribution in [3.8, 4) is 0 Å². The lowest BCUT2D eigenvalue weighted by Crippen LogP contribution is -2.65. The maximum atomic E-state index is 11.9. The number of carbonyl (C=O) groups is 1. The van der Waals surface area contributed by atoms with Crippen molar-refractivity contribution in [3.63, 3.8) is 0 Å². The van der Waals surface area contributed by atoms with Crippen molar-refractivity contribution in [3.05, 3.63) is 0 Å². The Morgan fingerprint density at radius 2 is 2.06 bits per heavy atom. The van der Waals surface area contributed by atoms with Crippen LogP contribution in [-0.2, 0) is 9.53 Å². The molecule has 0 aromatic carbocycles. The van der Waals surface area contributed by atoms with Gasteiger partial charge in [-0.25, -0.2) is 0 Å². The van der Waals surface area contributed by atoms with Gasteiger partial charge in [0.2, 0.25) is 5.91 Å². The van der Waals surface area contributed by atoms with Crippen molar-refractivity contribution >= 4 is 5.91 Å². The molecule has 1 fully saturated rings. The second-order valence-corrected chi connectivity index (χ2v) is 4.44. The molecule has 1 rings (SSSR count). The molecule has 3 atom stereocenters. The normalized spacial score (nSPS) is 28.9. The van der Waals surface area contributed by atoms with E-state index in [2.05, 4.69) is 5.32 Å². The quantitative estimate of drug-likeness (QED) is 0.714. The molecule has 94 valence electrons. The second kappa shape index (κ2) is 6.21. The molecule has 1 aliphatic rings. The first kappa shape index (κ1) is 13.5. The Morgan fingerprint density at radius 1 is 1.44 bits per heavy atom. The van der Waals surface area contributed by atoms with E-state index in [1.165, 1.54) is 0 Å². The van der Waals surface area contributed by atoms with Gasteiger partial charge in [-0.3, -0.25) is 4.79 Å². The van der Waals surface area contributed by atoms with E-state index >= 15 is 0 Å². The van der Waals surface area contributed by atoms with E-state index in [4.69, 9.17) is 10.5 Å². The number of hydrogen-bond acceptors (Lipinski definition) is 3. The minimum atomic E-state index is 0.00745. The van der Waals surface area contributed by atoms with Crippen molar-refractivity contribution < 1.29 is 9.53 Å². The van der Waals surface area contributed by atoms with E-state index in [-0.39, 0.29) is 30.0 Å². The highest BCUT2D eigenvalue weighted by Gasteiger charge is 2.40. The van der Waals surface area contributed by atoms with Crippen LogP contribution in [0.4, 0.5) is 0 Å². The molecule has 0 aliphatic heterocycles. The van der Waals surface area contributed by atoms with Gasteiger partial charge in [0.15, 0.2) is 0 Å². The smallest absolute Gasteiger partial charge is 0.223 e. The summed E-state index contributed by atoms with van der Waals surface area (Å²) in [6.07, 6.45) is 2.72. The molecule has 0 aromatic rings. The maximum absolute atomic E-state index is 11.9. The van der Waals surface area contributed by atoms with Crippen LogP contribution < -0.4 is 11.1 Å². The molecule has 0 radical (unpaired) electrons. The van der Waals surface area contributed by atoms with Crippen LogP contribution in [0.1, 0.15) is 40.0 Å². The van der Waals surface area contributed by atoms with Gasteiger partial charge >= 0.3 is 0 Å². The Balaban J connectivity index is 2.42. The summed E-state index contributed by atoms with van der Waals surface area (Å²) in [6, 6.07) is 0.0583. The third-order valence-electron chi connectivity index (χ3n) is 3.41. The van der Waals surface area contributed by atoms with E-state index in [1.807, 2.05) is 20.8 Å². The van der Waals surface area contributed by atoms with E-state index in [9.17, 15) is 4.79 Å². The van der Waals surface area contributed by atoms with Crippen LogP contribution in [-0.4, -0.2) is 30.7 Å². The molecule has 4 nitrogen and oxygen atoms in total. The highest BCUT2D eigenvalue weighted by molar-refractivity contribution is 5.79. The van der Waals surface area contributed by atoms with Gasteiger partial charge in [0, 0.05) is 18.6 Å². The molecule has 0 heterocycles. The molecule has 4 heteroatoms. The average molecular weight is 228 g/mol. The van der Waals surface area contributed by atoms with Gasteiger partial charge < -0.3 is 15.8 Å². The monoisotopic (exact) mass is 228 g/mol. The molecule has 3 unspecified atom stereocenters. The highest BCUT2D eigenvalue weighted by Crippen LogP contribution is 2.23. The Kier molecular flexibility index (Phi) is 5.22. The molecule has 0 saturated heterocycles. The second-order valence-electron chi connectivity index (χ2n) is 4.44. The average Bonchev–Trinajstić information content (AvgIpc) is 2.27. The molecular formula is C12H24N2O2. The zero-order valence-electron chi connectivity index (χ0n) is 10.5. The van der Waals surface area contributed by atoms with Crippen molar-refractivity contribution in [2.45, 2.75) is 58.2 Å². The lowest BCUT2D eigenvalue weighted by molar-refractivity contribution is -0.129. The number of hydrogen-bond donors (Lipinski definition) is 2. The zero-order valence-corrected chi connectivity index (χ0v) is 10.5. The number of ether oxygens (including phenoxy) is 1. The molecule has 1 aliphatic carbocycles. The Hall–Kier alpha value is -0.610. The molecule has 3 N–H and O–H groups in total. The molecule has 0 bridgehead atoms. The van der Waals surface area contributed by atoms with Crippen LogP contribution in [0.2, 0.25) is 0 Å². The SMILES string of the molecule is CCOC1CC(N)C1NC(=O)C(CC)CC. The zero-order chi connectivity index (χ0) is 12.1. The summed E-state index contributed by atoms with van der Waals surface area (Å²) >= 11 is 0. The van der Waals surface area contributed by atoms with Crippen LogP contribution in [0.15, 0.2) is 0 Å². The lowest BCUT2D eigenvalue weighted by Gasteiger charge is -2.42. The van der Waals surface area contributed by atoms with E-state index < -0.39 is 0 Å². The summed E-state index contributed by atoms with van der Waals surface area (Å²) in [7, 11) is 0. The highest BCUT2D eigenvalue weighted by atomic mass is 16.5. The number of carbonyl (C=O) groups excluding carboxylic acids is 1. The molecule has 0 aromatic heterocycles. The number of nitrogens with two attached hydrogens (primary N) is 1. The predicted molar refractivity (Wildman–Crippen MR) is 64.0 cm³/mol. The van der Waals surface area contributed by atoms with E-state index in [1.54, 1.807) is 0 Å². The first-order chi connectivity index (χ1) is 7.63. The minimum Gasteiger partial charge on any atom is -0.376 e. The van der Waals surface area contributed by atoms with Gasteiger partial charge in [-0.2, -0.15) is 0 Å². The first-order valence-electron chi connectivity index (χ1n) is 6.31. The van der Waals surface area contributed by atoms with Gasteiger partial charge in [-0.1, -0.05) is 13.8 Å². The number of rotatable bonds is 6. The third kappa shape index (κ3) is 2.95. The lowest BCUT2D eigenvalue weighted by atomic mass is 9.83. The topological polar surface area (TPSA) is 64.3 Å². The van der Waals surface area contributed by atoms with Gasteiger partial charge in [0.05, 0.1) is 12.1 Å². The summed E-state index contributed by atoms with van der Waals surface area (Å²) in [4.78, 5) is 11.9. The fourth-order valence-electron chi connectivity index (χ4n) is 2.17. The summed E-state index contributed by atoms with van der Waals surface area (Å²) < 4.78 is 5.51. The van der Waals surface area contributed by atoms with Crippen LogP contribution in [0.25, 0.3) is 0 Å². The Bertz CT molecular complexity index is 227. The first-order valence-corrected chi connectivity index (χ1v) is 6.31. The van der Waals surface area contributed by atoms with Crippen molar-refractivity contribution in [2.75, 3.05) is 6.61 Å². The number of amides is 1. The predicted octanol–water partition coefficient (Wildman–Crippen LogP) is 1.04. The summed E-state index contributed by atoms with van der Waals surface area (Å²) in [5.74, 6) is 0.227. The molecule has 1 amide bonds. The van der Waals surface area contributed by atoms with Gasteiger partial charge in [0.25, 0.3) is 0 Å². The Labute approximate surface area is 97.9 Å². The third-order valence-corrected chi connectivity index (χ3v) is 3.41. The van der Waals surface area contributed by atoms with Crippen LogP contribution >= 0.6 is 0 Å². The van der Waals surface area contributed by atoms with Crippen LogP contribution in [0.3, 0.4) is 0 Å². The largest absolute Gasteiger partial charge is 0.376 e. The summed E-state index contributed by atoms with van der Waals surface area (Å²) in [5, 5.41) is 3.01. The van der Waals surface area contributed by atoms with E-state index in [0.717, 1.165) is 19.3 Å².